The van der Waals surface area contributed by atoms with Crippen LogP contribution in [0, 0.1) is 0 Å². The number of fused-ring (bicyclic) bond motifs is 1. The van der Waals surface area contributed by atoms with E-state index in [-0.39, 0.29) is 12.1 Å². The van der Waals surface area contributed by atoms with Crippen LogP contribution in [0.2, 0.25) is 10.0 Å². The molecule has 0 spiro atoms. The molecule has 6 heteroatoms. The van der Waals surface area contributed by atoms with Gasteiger partial charge in [-0.15, -0.1) is 0 Å². The van der Waals surface area contributed by atoms with Gasteiger partial charge in [0.1, 0.15) is 11.9 Å². The van der Waals surface area contributed by atoms with Gasteiger partial charge in [0.25, 0.3) is 0 Å². The van der Waals surface area contributed by atoms with Crippen molar-refractivity contribution in [1.82, 2.24) is 9.55 Å². The van der Waals surface area contributed by atoms with Gasteiger partial charge in [0.05, 0.1) is 21.1 Å². The summed E-state index contributed by atoms with van der Waals surface area (Å²) in [4.78, 5) is 16.1. The topological polar surface area (TPSA) is 44.1 Å². The number of hydrogen-bond donors (Lipinski definition) is 0. The Bertz CT molecular complexity index is 1020. The second-order valence-electron chi connectivity index (χ2n) is 7.20. The average molecular weight is 417 g/mol. The van der Waals surface area contributed by atoms with Gasteiger partial charge in [-0.05, 0) is 48.6 Å². The molecule has 0 atom stereocenters. The summed E-state index contributed by atoms with van der Waals surface area (Å²) in [6.45, 7) is 3.91. The molecule has 1 heterocycles. The normalized spacial score (nSPS) is 18.9. The number of carbonyl (C=O) groups excluding carboxylic acids is 1. The summed E-state index contributed by atoms with van der Waals surface area (Å²) in [5.41, 5.74) is 4.12. The lowest BCUT2D eigenvalue weighted by atomic mass is 9.77. The summed E-state index contributed by atoms with van der Waals surface area (Å²) in [6, 6.07) is 12.2. The van der Waals surface area contributed by atoms with Crippen molar-refractivity contribution >= 4 is 40.2 Å². The summed E-state index contributed by atoms with van der Waals surface area (Å²) < 4.78 is 7.53. The van der Waals surface area contributed by atoms with Crippen LogP contribution < -0.4 is 0 Å². The Labute approximate surface area is 174 Å². The van der Waals surface area contributed by atoms with E-state index in [0.29, 0.717) is 22.4 Å². The van der Waals surface area contributed by atoms with E-state index in [0.717, 1.165) is 41.8 Å². The highest BCUT2D eigenvalue weighted by Gasteiger charge is 2.32. The van der Waals surface area contributed by atoms with Gasteiger partial charge in [-0.2, -0.15) is 0 Å². The molecule has 1 fully saturated rings. The number of rotatable bonds is 5. The van der Waals surface area contributed by atoms with Crippen LogP contribution in [0.1, 0.15) is 50.4 Å². The van der Waals surface area contributed by atoms with Crippen LogP contribution in [0.15, 0.2) is 36.4 Å². The van der Waals surface area contributed by atoms with Crippen molar-refractivity contribution in [3.63, 3.8) is 0 Å². The summed E-state index contributed by atoms with van der Waals surface area (Å²) >= 11 is 12.4. The fourth-order valence-corrected chi connectivity index (χ4v) is 4.06. The third-order valence-electron chi connectivity index (χ3n) is 5.39. The molecule has 3 aromatic rings. The van der Waals surface area contributed by atoms with Crippen LogP contribution in [0.3, 0.4) is 0 Å². The summed E-state index contributed by atoms with van der Waals surface area (Å²) in [5.74, 6) is 1.30. The molecule has 1 aliphatic carbocycles. The first-order valence-corrected chi connectivity index (χ1v) is 10.4. The van der Waals surface area contributed by atoms with E-state index in [1.54, 1.807) is 0 Å². The molecule has 146 valence electrons. The number of nitrogens with zero attached hydrogens (tertiary/aromatic N) is 2. The fourth-order valence-electron chi connectivity index (χ4n) is 3.75. The average Bonchev–Trinajstić information content (AvgIpc) is 3.02. The number of esters is 1. The molecule has 2 aromatic carbocycles. The van der Waals surface area contributed by atoms with Crippen molar-refractivity contribution < 1.29 is 9.53 Å². The maximum atomic E-state index is 11.4. The molecular weight excluding hydrogens is 395 g/mol. The van der Waals surface area contributed by atoms with Gasteiger partial charge in [0, 0.05) is 18.5 Å². The molecule has 1 saturated carbocycles. The first-order chi connectivity index (χ1) is 13.5. The highest BCUT2D eigenvalue weighted by atomic mass is 35.5. The summed E-state index contributed by atoms with van der Waals surface area (Å²) in [7, 11) is 0. The van der Waals surface area contributed by atoms with Crippen LogP contribution in [-0.4, -0.2) is 21.6 Å². The fraction of sp³-hybridized carbons (Fsp3) is 0.364. The molecule has 1 aromatic heterocycles. The van der Waals surface area contributed by atoms with E-state index in [2.05, 4.69) is 35.8 Å². The van der Waals surface area contributed by atoms with E-state index >= 15 is 0 Å². The number of aromatic nitrogens is 2. The molecule has 4 nitrogen and oxygen atoms in total. The lowest BCUT2D eigenvalue weighted by Crippen LogP contribution is -2.31. The van der Waals surface area contributed by atoms with E-state index in [9.17, 15) is 4.79 Å². The predicted octanol–water partition coefficient (Wildman–Crippen LogP) is 6.09. The minimum absolute atomic E-state index is 0.0632. The Morgan fingerprint density at radius 2 is 1.82 bits per heavy atom. The Hall–Kier alpha value is -2.04. The Morgan fingerprint density at radius 1 is 1.14 bits per heavy atom. The second kappa shape index (κ2) is 7.76. The molecule has 0 bridgehead atoms. The van der Waals surface area contributed by atoms with Crippen molar-refractivity contribution in [3.8, 4) is 5.69 Å². The number of aryl methyl sites for hydroxylation is 1. The number of ether oxygens (including phenoxy) is 1. The van der Waals surface area contributed by atoms with E-state index in [1.807, 2.05) is 19.1 Å². The number of halogens is 2. The molecule has 28 heavy (non-hydrogen) atoms. The maximum absolute atomic E-state index is 11.4. The number of hydrogen-bond acceptors (Lipinski definition) is 3. The van der Waals surface area contributed by atoms with Gasteiger partial charge in [0.15, 0.2) is 0 Å². The second-order valence-corrected chi connectivity index (χ2v) is 8.01. The monoisotopic (exact) mass is 416 g/mol. The van der Waals surface area contributed by atoms with Crippen molar-refractivity contribution in [2.45, 2.75) is 51.6 Å². The molecular formula is C22H22Cl2N2O2. The molecule has 0 saturated heterocycles. The zero-order valence-electron chi connectivity index (χ0n) is 15.9. The van der Waals surface area contributed by atoms with Gasteiger partial charge >= 0.3 is 5.97 Å². The number of carbonyl (C=O) groups is 1. The zero-order chi connectivity index (χ0) is 19.8. The van der Waals surface area contributed by atoms with Crippen molar-refractivity contribution in [3.05, 3.63) is 57.8 Å². The first-order valence-electron chi connectivity index (χ1n) is 9.66. The zero-order valence-corrected chi connectivity index (χ0v) is 17.4. The Morgan fingerprint density at radius 3 is 2.46 bits per heavy atom. The van der Waals surface area contributed by atoms with E-state index in [4.69, 9.17) is 32.9 Å². The van der Waals surface area contributed by atoms with E-state index < -0.39 is 0 Å². The predicted molar refractivity (Wildman–Crippen MR) is 113 cm³/mol. The number of imidazole rings is 1. The molecule has 1 aliphatic rings. The van der Waals surface area contributed by atoms with Crippen LogP contribution >= 0.6 is 23.2 Å². The van der Waals surface area contributed by atoms with Crippen LogP contribution in [0.4, 0.5) is 0 Å². The highest BCUT2D eigenvalue weighted by Crippen LogP contribution is 2.39. The Kier molecular flexibility index (Phi) is 5.35. The number of benzene rings is 2. The molecule has 0 N–H and O–H groups in total. The van der Waals surface area contributed by atoms with Crippen LogP contribution in [0.5, 0.6) is 0 Å². The quantitative estimate of drug-likeness (QED) is 0.472. The molecule has 0 unspecified atom stereocenters. The van der Waals surface area contributed by atoms with Gasteiger partial charge < -0.3 is 4.74 Å². The van der Waals surface area contributed by atoms with Gasteiger partial charge in [-0.3, -0.25) is 9.36 Å². The lowest BCUT2D eigenvalue weighted by molar-refractivity contribution is -0.153. The minimum atomic E-state index is -0.114. The van der Waals surface area contributed by atoms with Gasteiger partial charge in [-0.25, -0.2) is 4.98 Å². The molecule has 4 rings (SSSR count). The van der Waals surface area contributed by atoms with Crippen molar-refractivity contribution in [2.75, 3.05) is 0 Å². The van der Waals surface area contributed by atoms with Gasteiger partial charge in [-0.1, -0.05) is 49.2 Å². The van der Waals surface area contributed by atoms with Crippen molar-refractivity contribution in [1.29, 1.82) is 0 Å². The highest BCUT2D eigenvalue weighted by molar-refractivity contribution is 6.42. The summed E-state index contributed by atoms with van der Waals surface area (Å²) in [5, 5.41) is 1.04. The first kappa shape index (κ1) is 19.3. The lowest BCUT2D eigenvalue weighted by Gasteiger charge is -2.35. The molecule has 0 radical (unpaired) electrons. The SMILES string of the molecule is CCC(=O)O[C@H]1C[C@H](c2ccc(-n3c(CC)nc4cc(Cl)c(Cl)cc43)cc2)C1. The van der Waals surface area contributed by atoms with E-state index in [1.165, 1.54) is 5.56 Å². The molecule has 0 aliphatic heterocycles. The third kappa shape index (κ3) is 3.51. The van der Waals surface area contributed by atoms with Crippen LogP contribution in [-0.2, 0) is 16.0 Å². The molecule has 0 amide bonds. The largest absolute Gasteiger partial charge is 0.462 e. The standard InChI is InChI=1S/C22H22Cl2N2O2/c1-3-21-25-19-11-17(23)18(24)12-20(19)26(21)15-7-5-13(6-8-15)14-9-16(10-14)28-22(27)4-2/h5-8,11-12,14,16H,3-4,9-10H2,1-2H3/t14-,16-. The summed E-state index contributed by atoms with van der Waals surface area (Å²) in [6.07, 6.45) is 3.09. The minimum Gasteiger partial charge on any atom is -0.462 e. The van der Waals surface area contributed by atoms with Crippen molar-refractivity contribution in [2.24, 2.45) is 0 Å². The maximum Gasteiger partial charge on any atom is 0.305 e. The Balaban J connectivity index is 1.58. The van der Waals surface area contributed by atoms with Gasteiger partial charge in [0.2, 0.25) is 0 Å². The smallest absolute Gasteiger partial charge is 0.305 e. The van der Waals surface area contributed by atoms with Crippen LogP contribution in [0.25, 0.3) is 16.7 Å². The third-order valence-corrected chi connectivity index (χ3v) is 6.11.